The smallest absolute Gasteiger partial charge is 0.254 e. The molecule has 19 heavy (non-hydrogen) atoms. The number of hydrogen-bond acceptors (Lipinski definition) is 2. The monoisotopic (exact) mass is 258 g/mol. The van der Waals surface area contributed by atoms with E-state index in [4.69, 9.17) is 5.26 Å². The number of carbonyl (C=O) groups excluding carboxylic acids is 1. The lowest BCUT2D eigenvalue weighted by Crippen LogP contribution is -2.35. The molecule has 1 unspecified atom stereocenters. The van der Waals surface area contributed by atoms with Crippen molar-refractivity contribution in [3.63, 3.8) is 0 Å². The Hall–Kier alpha value is -1.82. The Morgan fingerprint density at radius 2 is 1.84 bits per heavy atom. The van der Waals surface area contributed by atoms with Crippen LogP contribution in [0.3, 0.4) is 0 Å². The van der Waals surface area contributed by atoms with Crippen LogP contribution in [0.25, 0.3) is 0 Å². The highest BCUT2D eigenvalue weighted by atomic mass is 16.2. The maximum Gasteiger partial charge on any atom is 0.254 e. The van der Waals surface area contributed by atoms with Gasteiger partial charge in [-0.05, 0) is 45.7 Å². The van der Waals surface area contributed by atoms with Gasteiger partial charge in [0, 0.05) is 18.7 Å². The van der Waals surface area contributed by atoms with Crippen molar-refractivity contribution >= 4 is 5.91 Å². The van der Waals surface area contributed by atoms with Crippen molar-refractivity contribution in [1.82, 2.24) is 4.90 Å². The van der Waals surface area contributed by atoms with Gasteiger partial charge in [-0.25, -0.2) is 0 Å². The maximum atomic E-state index is 12.6. The molecule has 3 heteroatoms. The highest BCUT2D eigenvalue weighted by Crippen LogP contribution is 2.19. The minimum Gasteiger partial charge on any atom is -0.338 e. The molecule has 0 aliphatic carbocycles. The third-order valence-electron chi connectivity index (χ3n) is 3.27. The van der Waals surface area contributed by atoms with Gasteiger partial charge in [-0.15, -0.1) is 0 Å². The van der Waals surface area contributed by atoms with E-state index in [0.717, 1.165) is 16.7 Å². The molecule has 0 aliphatic rings. The molecular formula is C16H22N2O. The number of amides is 1. The Morgan fingerprint density at radius 1 is 1.32 bits per heavy atom. The van der Waals surface area contributed by atoms with Crippen molar-refractivity contribution < 1.29 is 4.79 Å². The van der Waals surface area contributed by atoms with Crippen LogP contribution in [0.2, 0.25) is 0 Å². The normalized spacial score (nSPS) is 11.8. The quantitative estimate of drug-likeness (QED) is 0.832. The van der Waals surface area contributed by atoms with Crippen LogP contribution < -0.4 is 0 Å². The molecule has 3 nitrogen and oxygen atoms in total. The summed E-state index contributed by atoms with van der Waals surface area (Å²) >= 11 is 0. The van der Waals surface area contributed by atoms with Crippen LogP contribution in [0.5, 0.6) is 0 Å². The average molecular weight is 258 g/mol. The van der Waals surface area contributed by atoms with E-state index in [-0.39, 0.29) is 11.8 Å². The van der Waals surface area contributed by atoms with Crippen molar-refractivity contribution in [2.24, 2.45) is 5.92 Å². The van der Waals surface area contributed by atoms with E-state index in [1.165, 1.54) is 5.56 Å². The maximum absolute atomic E-state index is 12.6. The Bertz CT molecular complexity index is 491. The highest BCUT2D eigenvalue weighted by molar-refractivity contribution is 5.97. The average Bonchev–Trinajstić information content (AvgIpc) is 2.33. The molecule has 1 rings (SSSR count). The largest absolute Gasteiger partial charge is 0.338 e. The molecule has 1 aromatic carbocycles. The first-order valence-corrected chi connectivity index (χ1v) is 6.67. The second-order valence-corrected chi connectivity index (χ2v) is 5.15. The molecule has 0 heterocycles. The SMILES string of the molecule is CCN(CC(C)C#N)C(=O)c1c(C)cc(C)cc1C. The Labute approximate surface area is 115 Å². The Morgan fingerprint density at radius 3 is 2.26 bits per heavy atom. The van der Waals surface area contributed by atoms with Crippen molar-refractivity contribution in [3.8, 4) is 6.07 Å². The van der Waals surface area contributed by atoms with Crippen LogP contribution >= 0.6 is 0 Å². The summed E-state index contributed by atoms with van der Waals surface area (Å²) in [5, 5.41) is 8.89. The summed E-state index contributed by atoms with van der Waals surface area (Å²) in [6.07, 6.45) is 0. The van der Waals surface area contributed by atoms with E-state index in [2.05, 4.69) is 6.07 Å². The number of carbonyl (C=O) groups is 1. The van der Waals surface area contributed by atoms with E-state index in [1.807, 2.05) is 46.8 Å². The first-order chi connectivity index (χ1) is 8.90. The number of rotatable bonds is 4. The van der Waals surface area contributed by atoms with Gasteiger partial charge in [-0.1, -0.05) is 17.7 Å². The molecule has 0 bridgehead atoms. The molecule has 0 aliphatic heterocycles. The van der Waals surface area contributed by atoms with E-state index in [0.29, 0.717) is 13.1 Å². The van der Waals surface area contributed by atoms with Crippen LogP contribution in [0.4, 0.5) is 0 Å². The molecule has 1 atom stereocenters. The summed E-state index contributed by atoms with van der Waals surface area (Å²) < 4.78 is 0. The number of benzene rings is 1. The molecule has 0 N–H and O–H groups in total. The lowest BCUT2D eigenvalue weighted by atomic mass is 9.98. The zero-order valence-corrected chi connectivity index (χ0v) is 12.4. The summed E-state index contributed by atoms with van der Waals surface area (Å²) in [7, 11) is 0. The first-order valence-electron chi connectivity index (χ1n) is 6.67. The lowest BCUT2D eigenvalue weighted by molar-refractivity contribution is 0.0751. The van der Waals surface area contributed by atoms with Crippen LogP contribution in [0.15, 0.2) is 12.1 Å². The highest BCUT2D eigenvalue weighted by Gasteiger charge is 2.20. The number of hydrogen-bond donors (Lipinski definition) is 0. The molecule has 102 valence electrons. The van der Waals surface area contributed by atoms with E-state index < -0.39 is 0 Å². The summed E-state index contributed by atoms with van der Waals surface area (Å²) in [4.78, 5) is 14.3. The fourth-order valence-electron chi connectivity index (χ4n) is 2.40. The standard InChI is InChI=1S/C16H22N2O/c1-6-18(10-12(3)9-17)16(19)15-13(4)7-11(2)8-14(15)5/h7-8,12H,6,10H2,1-5H3. The van der Waals surface area contributed by atoms with Gasteiger partial charge in [0.2, 0.25) is 0 Å². The van der Waals surface area contributed by atoms with E-state index >= 15 is 0 Å². The molecule has 0 saturated heterocycles. The first kappa shape index (κ1) is 15.2. The van der Waals surface area contributed by atoms with Gasteiger partial charge in [-0.2, -0.15) is 5.26 Å². The minimum absolute atomic E-state index is 0.0274. The fourth-order valence-corrected chi connectivity index (χ4v) is 2.40. The summed E-state index contributed by atoms with van der Waals surface area (Å²) in [5.41, 5.74) is 3.95. The third-order valence-corrected chi connectivity index (χ3v) is 3.27. The topological polar surface area (TPSA) is 44.1 Å². The fraction of sp³-hybridized carbons (Fsp3) is 0.500. The Kier molecular flexibility index (Phi) is 5.11. The van der Waals surface area contributed by atoms with Gasteiger partial charge in [0.05, 0.1) is 12.0 Å². The number of nitrogens with zero attached hydrogens (tertiary/aromatic N) is 2. The van der Waals surface area contributed by atoms with Crippen LogP contribution in [0, 0.1) is 38.0 Å². The van der Waals surface area contributed by atoms with Crippen molar-refractivity contribution in [2.75, 3.05) is 13.1 Å². The molecule has 1 aromatic rings. The summed E-state index contributed by atoms with van der Waals surface area (Å²) in [6.45, 7) is 10.9. The van der Waals surface area contributed by atoms with Gasteiger partial charge in [0.1, 0.15) is 0 Å². The molecule has 1 amide bonds. The Balaban J connectivity index is 3.08. The zero-order chi connectivity index (χ0) is 14.6. The van der Waals surface area contributed by atoms with Gasteiger partial charge in [0.15, 0.2) is 0 Å². The van der Waals surface area contributed by atoms with Gasteiger partial charge in [0.25, 0.3) is 5.91 Å². The van der Waals surface area contributed by atoms with Gasteiger partial charge < -0.3 is 4.90 Å². The summed E-state index contributed by atoms with van der Waals surface area (Å²) in [6, 6.07) is 6.24. The van der Waals surface area contributed by atoms with Gasteiger partial charge in [-0.3, -0.25) is 4.79 Å². The van der Waals surface area contributed by atoms with Crippen LogP contribution in [0.1, 0.15) is 40.9 Å². The van der Waals surface area contributed by atoms with Crippen molar-refractivity contribution in [1.29, 1.82) is 5.26 Å². The predicted octanol–water partition coefficient (Wildman–Crippen LogP) is 3.23. The lowest BCUT2D eigenvalue weighted by Gasteiger charge is -2.24. The number of nitriles is 1. The van der Waals surface area contributed by atoms with Crippen molar-refractivity contribution in [2.45, 2.75) is 34.6 Å². The second kappa shape index (κ2) is 6.38. The van der Waals surface area contributed by atoms with Crippen LogP contribution in [-0.4, -0.2) is 23.9 Å². The second-order valence-electron chi connectivity index (χ2n) is 5.15. The molecule has 0 saturated carbocycles. The van der Waals surface area contributed by atoms with E-state index in [9.17, 15) is 4.79 Å². The molecule has 0 radical (unpaired) electrons. The molecule has 0 spiro atoms. The zero-order valence-electron chi connectivity index (χ0n) is 12.4. The van der Waals surface area contributed by atoms with Crippen LogP contribution in [-0.2, 0) is 0 Å². The summed E-state index contributed by atoms with van der Waals surface area (Å²) in [5.74, 6) is -0.116. The van der Waals surface area contributed by atoms with Crippen molar-refractivity contribution in [3.05, 3.63) is 34.4 Å². The number of aryl methyl sites for hydroxylation is 3. The molecule has 0 aromatic heterocycles. The minimum atomic E-state index is -0.144. The third kappa shape index (κ3) is 3.57. The predicted molar refractivity (Wildman–Crippen MR) is 77.0 cm³/mol. The molecular weight excluding hydrogens is 236 g/mol. The molecule has 0 fully saturated rings. The van der Waals surface area contributed by atoms with E-state index in [1.54, 1.807) is 4.90 Å². The van der Waals surface area contributed by atoms with Gasteiger partial charge >= 0.3 is 0 Å².